The average Bonchev–Trinajstić information content (AvgIpc) is 3.65. The minimum Gasteiger partial charge on any atom is -0.497 e. The highest BCUT2D eigenvalue weighted by Gasteiger charge is 2.52. The van der Waals surface area contributed by atoms with Crippen LogP contribution in [0.3, 0.4) is 0 Å². The van der Waals surface area contributed by atoms with E-state index >= 15 is 0 Å². The fraction of sp³-hybridized carbons (Fsp3) is 0.455. The highest BCUT2D eigenvalue weighted by atomic mass is 28.4. The van der Waals surface area contributed by atoms with Crippen molar-refractivity contribution in [2.75, 3.05) is 41.5 Å². The normalized spacial score (nSPS) is 18.2. The molecule has 0 spiro atoms. The third-order valence-electron chi connectivity index (χ3n) is 12.0. The summed E-state index contributed by atoms with van der Waals surface area (Å²) < 4.78 is 61.7. The second-order valence-electron chi connectivity index (χ2n) is 20.0. The molecule has 1 aliphatic heterocycles. The van der Waals surface area contributed by atoms with Gasteiger partial charge in [0.2, 0.25) is 0 Å². The Morgan fingerprint density at radius 3 is 1.84 bits per heavy atom. The van der Waals surface area contributed by atoms with E-state index in [1.165, 1.54) is 31.7 Å². The number of carbonyl (C=O) groups excluding carboxylic acids is 2. The van der Waals surface area contributed by atoms with Gasteiger partial charge in [0, 0.05) is 34.5 Å². The fourth-order valence-electron chi connectivity index (χ4n) is 8.27. The Morgan fingerprint density at radius 2 is 1.30 bits per heavy atom. The highest BCUT2D eigenvalue weighted by Crippen LogP contribution is 2.40. The van der Waals surface area contributed by atoms with Crippen LogP contribution in [0.4, 0.5) is 0 Å². The summed E-state index contributed by atoms with van der Waals surface area (Å²) in [4.78, 5) is 27.9. The maximum atomic E-state index is 14.0. The van der Waals surface area contributed by atoms with E-state index in [-0.39, 0.29) is 48.6 Å². The van der Waals surface area contributed by atoms with Crippen LogP contribution in [0.5, 0.6) is 11.5 Å². The molecule has 69 heavy (non-hydrogen) atoms. The van der Waals surface area contributed by atoms with Gasteiger partial charge in [-0.15, -0.1) is 0 Å². The van der Waals surface area contributed by atoms with E-state index < -0.39 is 58.5 Å². The van der Waals surface area contributed by atoms with Gasteiger partial charge in [0.05, 0.1) is 19.3 Å². The Kier molecular flexibility index (Phi) is 19.8. The molecular formula is C55H74O12Si2. The van der Waals surface area contributed by atoms with E-state index in [0.717, 1.165) is 6.04 Å². The molecule has 1 heterocycles. The van der Waals surface area contributed by atoms with E-state index in [1.807, 2.05) is 30.4 Å². The van der Waals surface area contributed by atoms with Crippen molar-refractivity contribution in [3.63, 3.8) is 0 Å². The van der Waals surface area contributed by atoms with Crippen LogP contribution in [0.1, 0.15) is 74.7 Å². The molecule has 0 N–H and O–H groups in total. The van der Waals surface area contributed by atoms with Crippen LogP contribution >= 0.6 is 0 Å². The van der Waals surface area contributed by atoms with Gasteiger partial charge in [-0.25, -0.2) is 9.59 Å². The Labute approximate surface area is 412 Å². The first-order chi connectivity index (χ1) is 32.7. The standard InChI is InChI=1S/C55H74O12Si2/c1-39(40(2)67-69(54(3,4)5,44-25-19-15-20-26-44)45-27-21-16-22-28-45)29-31-47(64-52(56)41-23-17-14-18-24-41)51-50(65-55(6,7)66-51)46(62-37-58-8)32-30-42-35-43(60-10)36-48(63-38-59-9)49(42)53(57)61-33-34-68(11,12)13/h14-32,35-36,39-40,46-47,50-51H,33-34,37-38H2,1-13H3/t39-,40+,46?,47+,50+,51-/m1/s1. The Hall–Kier alpha value is -4.91. The van der Waals surface area contributed by atoms with Crippen LogP contribution in [0.15, 0.2) is 121 Å². The lowest BCUT2D eigenvalue weighted by Gasteiger charge is -2.45. The second kappa shape index (κ2) is 24.8. The van der Waals surface area contributed by atoms with Gasteiger partial charge >= 0.3 is 11.9 Å². The van der Waals surface area contributed by atoms with Gasteiger partial charge in [0.1, 0.15) is 48.3 Å². The van der Waals surface area contributed by atoms with Gasteiger partial charge in [-0.1, -0.05) is 144 Å². The van der Waals surface area contributed by atoms with Gasteiger partial charge in [-0.05, 0) is 78.0 Å². The summed E-state index contributed by atoms with van der Waals surface area (Å²) in [6.07, 6.45) is 3.50. The Morgan fingerprint density at radius 1 is 0.739 bits per heavy atom. The molecule has 0 aliphatic carbocycles. The quantitative estimate of drug-likeness (QED) is 0.0287. The molecule has 0 aromatic heterocycles. The topological polar surface area (TPSA) is 126 Å². The van der Waals surface area contributed by atoms with Crippen LogP contribution in [-0.2, 0) is 37.6 Å². The second-order valence-corrected chi connectivity index (χ2v) is 29.9. The number of esters is 2. The van der Waals surface area contributed by atoms with E-state index in [2.05, 4.69) is 103 Å². The van der Waals surface area contributed by atoms with Gasteiger partial charge in [-0.2, -0.15) is 0 Å². The molecule has 4 aromatic rings. The third-order valence-corrected chi connectivity index (χ3v) is 18.8. The maximum Gasteiger partial charge on any atom is 0.342 e. The zero-order valence-electron chi connectivity index (χ0n) is 42.8. The molecule has 1 fully saturated rings. The van der Waals surface area contributed by atoms with Crippen LogP contribution in [0, 0.1) is 5.92 Å². The molecule has 374 valence electrons. The number of methoxy groups -OCH3 is 3. The molecule has 0 radical (unpaired) electrons. The molecule has 5 rings (SSSR count). The first-order valence-electron chi connectivity index (χ1n) is 23.6. The summed E-state index contributed by atoms with van der Waals surface area (Å²) in [5.74, 6) is -1.74. The monoisotopic (exact) mass is 982 g/mol. The van der Waals surface area contributed by atoms with Crippen molar-refractivity contribution in [2.45, 2.75) is 115 Å². The van der Waals surface area contributed by atoms with Crippen molar-refractivity contribution >= 4 is 44.8 Å². The van der Waals surface area contributed by atoms with Gasteiger partial charge < -0.3 is 47.1 Å². The van der Waals surface area contributed by atoms with E-state index in [4.69, 9.17) is 47.1 Å². The zero-order chi connectivity index (χ0) is 50.4. The van der Waals surface area contributed by atoms with Gasteiger partial charge in [-0.3, -0.25) is 0 Å². The van der Waals surface area contributed by atoms with E-state index in [9.17, 15) is 9.59 Å². The molecule has 1 saturated heterocycles. The molecule has 12 nitrogen and oxygen atoms in total. The summed E-state index contributed by atoms with van der Waals surface area (Å²) in [5, 5.41) is 2.12. The number of ether oxygens (including phenoxy) is 9. The maximum absolute atomic E-state index is 14.0. The number of hydrogen-bond donors (Lipinski definition) is 0. The lowest BCUT2D eigenvalue weighted by molar-refractivity contribution is -0.165. The average molecular weight is 983 g/mol. The van der Waals surface area contributed by atoms with Crippen molar-refractivity contribution in [2.24, 2.45) is 5.92 Å². The molecule has 0 saturated carbocycles. The first kappa shape index (κ1) is 55.0. The number of carbonyl (C=O) groups is 2. The molecule has 14 heteroatoms. The summed E-state index contributed by atoms with van der Waals surface area (Å²) in [6, 6.07) is 34.0. The SMILES string of the molecule is COCOc1cc(OC)cc(C=CC(OCOC)[C@@H]2OC(C)(C)O[C@@H]2[C@H](C=C[C@@H](C)[C@H](C)O[Si](c2ccccc2)(c2ccccc2)C(C)(C)C)OC(=O)c2ccccc2)c1C(=O)OCC[Si](C)(C)C. The molecule has 0 amide bonds. The van der Waals surface area contributed by atoms with Crippen molar-refractivity contribution < 1.29 is 56.6 Å². The van der Waals surface area contributed by atoms with Crippen molar-refractivity contribution in [3.8, 4) is 11.5 Å². The van der Waals surface area contributed by atoms with Gasteiger partial charge in [0.25, 0.3) is 8.32 Å². The number of hydrogen-bond acceptors (Lipinski definition) is 12. The smallest absolute Gasteiger partial charge is 0.342 e. The van der Waals surface area contributed by atoms with E-state index in [0.29, 0.717) is 16.9 Å². The molecular weight excluding hydrogens is 909 g/mol. The van der Waals surface area contributed by atoms with Gasteiger partial charge in [0.15, 0.2) is 12.6 Å². The highest BCUT2D eigenvalue weighted by molar-refractivity contribution is 6.99. The summed E-state index contributed by atoms with van der Waals surface area (Å²) in [7, 11) is 0.116. The molecule has 6 atom stereocenters. The van der Waals surface area contributed by atoms with Crippen LogP contribution < -0.4 is 19.8 Å². The van der Waals surface area contributed by atoms with E-state index in [1.54, 1.807) is 62.4 Å². The molecule has 4 aromatic carbocycles. The Bertz CT molecular complexity index is 2250. The number of rotatable bonds is 24. The third kappa shape index (κ3) is 14.8. The largest absolute Gasteiger partial charge is 0.497 e. The lowest BCUT2D eigenvalue weighted by atomic mass is 9.98. The molecule has 0 bridgehead atoms. The van der Waals surface area contributed by atoms with Crippen molar-refractivity contribution in [1.29, 1.82) is 0 Å². The predicted octanol–water partition coefficient (Wildman–Crippen LogP) is 10.1. The minimum atomic E-state index is -2.91. The predicted molar refractivity (Wildman–Crippen MR) is 276 cm³/mol. The summed E-state index contributed by atoms with van der Waals surface area (Å²) in [5.41, 5.74) is 1.00. The minimum absolute atomic E-state index is 0.116. The fourth-order valence-corrected chi connectivity index (χ4v) is 13.8. The zero-order valence-corrected chi connectivity index (χ0v) is 44.8. The van der Waals surface area contributed by atoms with Crippen molar-refractivity contribution in [3.05, 3.63) is 138 Å². The van der Waals surface area contributed by atoms with Crippen molar-refractivity contribution in [1.82, 2.24) is 0 Å². The summed E-state index contributed by atoms with van der Waals surface area (Å²) >= 11 is 0. The lowest BCUT2D eigenvalue weighted by Crippen LogP contribution is -2.67. The van der Waals surface area contributed by atoms with Crippen LogP contribution in [0.25, 0.3) is 6.08 Å². The first-order valence-corrected chi connectivity index (χ1v) is 29.2. The Balaban J connectivity index is 1.56. The van der Waals surface area contributed by atoms with Crippen LogP contribution in [-0.4, -0.2) is 106 Å². The summed E-state index contributed by atoms with van der Waals surface area (Å²) in [6.45, 7) is 21.2. The molecule has 1 unspecified atom stereocenters. The molecule has 1 aliphatic rings. The number of benzene rings is 4. The van der Waals surface area contributed by atoms with Crippen LogP contribution in [0.2, 0.25) is 30.7 Å².